The van der Waals surface area contributed by atoms with Gasteiger partial charge in [0.05, 0.1) is 0 Å². The Hall–Kier alpha value is -1.24. The predicted octanol–water partition coefficient (Wildman–Crippen LogP) is 3.76. The smallest absolute Gasteiger partial charge is 0.122 e. The summed E-state index contributed by atoms with van der Waals surface area (Å²) in [5.74, 6) is 1.66. The van der Waals surface area contributed by atoms with Crippen molar-refractivity contribution in [2.75, 3.05) is 6.61 Å². The summed E-state index contributed by atoms with van der Waals surface area (Å²) in [5.41, 5.74) is 2.59. The minimum Gasteiger partial charge on any atom is -0.489 e. The fraction of sp³-hybridized carbons (Fsp3) is 0.429. The van der Waals surface area contributed by atoms with Gasteiger partial charge in [-0.1, -0.05) is 38.6 Å². The summed E-state index contributed by atoms with van der Waals surface area (Å²) in [6, 6.07) is 6.40. The summed E-state index contributed by atoms with van der Waals surface area (Å²) in [6.45, 7) is 10.8. The fourth-order valence-corrected chi connectivity index (χ4v) is 1.62. The van der Waals surface area contributed by atoms with Crippen LogP contribution in [-0.2, 0) is 6.42 Å². The van der Waals surface area contributed by atoms with Crippen molar-refractivity contribution in [1.29, 1.82) is 0 Å². The van der Waals surface area contributed by atoms with Crippen LogP contribution in [0.5, 0.6) is 5.75 Å². The first-order chi connectivity index (χ1) is 7.13. The first-order valence-corrected chi connectivity index (χ1v) is 5.46. The number of hydrogen-bond acceptors (Lipinski definition) is 1. The van der Waals surface area contributed by atoms with Crippen LogP contribution in [0, 0.1) is 12.8 Å². The second-order valence-corrected chi connectivity index (χ2v) is 4.30. The standard InChI is InChI=1S/C14H20O/c1-5-8-15-14-7-6-13(9-11(2)3)10-12(14)4/h5-7,10-11H,1,8-9H2,2-4H3. The zero-order valence-electron chi connectivity index (χ0n) is 9.92. The molecule has 0 saturated carbocycles. The Morgan fingerprint density at radius 1 is 1.40 bits per heavy atom. The average Bonchev–Trinajstić information content (AvgIpc) is 2.15. The first kappa shape index (κ1) is 11.8. The second kappa shape index (κ2) is 5.59. The van der Waals surface area contributed by atoms with E-state index in [4.69, 9.17) is 4.74 Å². The molecule has 1 nitrogen and oxygen atoms in total. The van der Waals surface area contributed by atoms with Crippen LogP contribution in [-0.4, -0.2) is 6.61 Å². The first-order valence-electron chi connectivity index (χ1n) is 5.46. The van der Waals surface area contributed by atoms with Gasteiger partial charge in [-0.3, -0.25) is 0 Å². The van der Waals surface area contributed by atoms with E-state index in [1.807, 2.05) is 0 Å². The van der Waals surface area contributed by atoms with Crippen LogP contribution in [0.4, 0.5) is 0 Å². The van der Waals surface area contributed by atoms with Crippen LogP contribution in [0.2, 0.25) is 0 Å². The Morgan fingerprint density at radius 2 is 2.13 bits per heavy atom. The van der Waals surface area contributed by atoms with E-state index in [2.05, 4.69) is 45.5 Å². The van der Waals surface area contributed by atoms with Crippen LogP contribution >= 0.6 is 0 Å². The molecule has 82 valence electrons. The summed E-state index contributed by atoms with van der Waals surface area (Å²) < 4.78 is 5.53. The Balaban J connectivity index is 2.73. The Bertz CT molecular complexity index is 326. The highest BCUT2D eigenvalue weighted by atomic mass is 16.5. The maximum absolute atomic E-state index is 5.53. The summed E-state index contributed by atoms with van der Waals surface area (Å²) in [5, 5.41) is 0. The minimum atomic E-state index is 0.574. The van der Waals surface area contributed by atoms with E-state index in [1.165, 1.54) is 11.1 Å². The monoisotopic (exact) mass is 204 g/mol. The van der Waals surface area contributed by atoms with Gasteiger partial charge in [-0.25, -0.2) is 0 Å². The van der Waals surface area contributed by atoms with Crippen molar-refractivity contribution in [3.8, 4) is 5.75 Å². The van der Waals surface area contributed by atoms with Gasteiger partial charge in [0.1, 0.15) is 12.4 Å². The third-order valence-corrected chi connectivity index (χ3v) is 2.24. The molecule has 0 N–H and O–H groups in total. The third kappa shape index (κ3) is 3.78. The molecule has 0 fully saturated rings. The van der Waals surface area contributed by atoms with Crippen molar-refractivity contribution in [3.63, 3.8) is 0 Å². The lowest BCUT2D eigenvalue weighted by atomic mass is 10.0. The van der Waals surface area contributed by atoms with Gasteiger partial charge >= 0.3 is 0 Å². The molecule has 15 heavy (non-hydrogen) atoms. The Morgan fingerprint density at radius 3 is 2.67 bits per heavy atom. The highest BCUT2D eigenvalue weighted by Crippen LogP contribution is 2.20. The zero-order chi connectivity index (χ0) is 11.3. The van der Waals surface area contributed by atoms with E-state index >= 15 is 0 Å². The van der Waals surface area contributed by atoms with E-state index in [9.17, 15) is 0 Å². The number of ether oxygens (including phenoxy) is 1. The molecule has 0 aliphatic carbocycles. The van der Waals surface area contributed by atoms with Gasteiger partial charge < -0.3 is 4.74 Å². The topological polar surface area (TPSA) is 9.23 Å². The van der Waals surface area contributed by atoms with Gasteiger partial charge in [0, 0.05) is 0 Å². The molecule has 0 saturated heterocycles. The van der Waals surface area contributed by atoms with Crippen molar-refractivity contribution in [2.45, 2.75) is 27.2 Å². The van der Waals surface area contributed by atoms with Gasteiger partial charge in [-0.15, -0.1) is 0 Å². The van der Waals surface area contributed by atoms with Crippen LogP contribution < -0.4 is 4.74 Å². The summed E-state index contributed by atoms with van der Waals surface area (Å²) in [4.78, 5) is 0. The van der Waals surface area contributed by atoms with Crippen LogP contribution in [0.15, 0.2) is 30.9 Å². The number of hydrogen-bond donors (Lipinski definition) is 0. The second-order valence-electron chi connectivity index (χ2n) is 4.30. The normalized spacial score (nSPS) is 10.4. The van der Waals surface area contributed by atoms with Crippen molar-refractivity contribution < 1.29 is 4.74 Å². The highest BCUT2D eigenvalue weighted by Gasteiger charge is 2.02. The maximum Gasteiger partial charge on any atom is 0.122 e. The molecule has 0 aliphatic heterocycles. The summed E-state index contributed by atoms with van der Waals surface area (Å²) >= 11 is 0. The van der Waals surface area contributed by atoms with Gasteiger partial charge in [-0.05, 0) is 36.5 Å². The SMILES string of the molecule is C=CCOc1ccc(CC(C)C)cc1C. The van der Waals surface area contributed by atoms with E-state index in [0.29, 0.717) is 12.5 Å². The molecule has 0 amide bonds. The maximum atomic E-state index is 5.53. The van der Waals surface area contributed by atoms with Gasteiger partial charge in [0.25, 0.3) is 0 Å². The molecule has 1 rings (SSSR count). The number of rotatable bonds is 5. The highest BCUT2D eigenvalue weighted by molar-refractivity contribution is 5.36. The molecule has 1 heteroatoms. The lowest BCUT2D eigenvalue weighted by molar-refractivity contribution is 0.360. The molecule has 0 heterocycles. The van der Waals surface area contributed by atoms with Gasteiger partial charge in [0.2, 0.25) is 0 Å². The van der Waals surface area contributed by atoms with Crippen molar-refractivity contribution >= 4 is 0 Å². The molecule has 0 aromatic heterocycles. The molecule has 1 aromatic carbocycles. The third-order valence-electron chi connectivity index (χ3n) is 2.24. The van der Waals surface area contributed by atoms with E-state index in [-0.39, 0.29) is 0 Å². The van der Waals surface area contributed by atoms with Gasteiger partial charge in [-0.2, -0.15) is 0 Å². The van der Waals surface area contributed by atoms with E-state index in [1.54, 1.807) is 6.08 Å². The van der Waals surface area contributed by atoms with E-state index < -0.39 is 0 Å². The Labute approximate surface area is 92.8 Å². The van der Waals surface area contributed by atoms with Crippen LogP contribution in [0.1, 0.15) is 25.0 Å². The molecule has 0 radical (unpaired) electrons. The van der Waals surface area contributed by atoms with Crippen LogP contribution in [0.3, 0.4) is 0 Å². The summed E-state index contributed by atoms with van der Waals surface area (Å²) in [7, 11) is 0. The average molecular weight is 204 g/mol. The molecule has 0 unspecified atom stereocenters. The molecule has 0 atom stereocenters. The molecule has 1 aromatic rings. The van der Waals surface area contributed by atoms with Crippen molar-refractivity contribution in [2.24, 2.45) is 5.92 Å². The lowest BCUT2D eigenvalue weighted by Crippen LogP contribution is -1.98. The molecular formula is C14H20O. The van der Waals surface area contributed by atoms with Gasteiger partial charge in [0.15, 0.2) is 0 Å². The quantitative estimate of drug-likeness (QED) is 0.664. The largest absolute Gasteiger partial charge is 0.489 e. The Kier molecular flexibility index (Phi) is 4.41. The molecular weight excluding hydrogens is 184 g/mol. The molecule has 0 bridgehead atoms. The molecule has 0 spiro atoms. The van der Waals surface area contributed by atoms with Crippen molar-refractivity contribution in [3.05, 3.63) is 42.0 Å². The number of aryl methyl sites for hydroxylation is 1. The van der Waals surface area contributed by atoms with Crippen LogP contribution in [0.25, 0.3) is 0 Å². The summed E-state index contributed by atoms with van der Waals surface area (Å²) in [6.07, 6.45) is 2.89. The molecule has 0 aliphatic rings. The predicted molar refractivity (Wildman–Crippen MR) is 65.4 cm³/mol. The lowest BCUT2D eigenvalue weighted by Gasteiger charge is -2.10. The van der Waals surface area contributed by atoms with Crippen molar-refractivity contribution in [1.82, 2.24) is 0 Å². The number of benzene rings is 1. The minimum absolute atomic E-state index is 0.574. The fourth-order valence-electron chi connectivity index (χ4n) is 1.62. The zero-order valence-corrected chi connectivity index (χ0v) is 9.92. The van der Waals surface area contributed by atoms with E-state index in [0.717, 1.165) is 12.2 Å².